The summed E-state index contributed by atoms with van der Waals surface area (Å²) in [5, 5.41) is 2.25. The van der Waals surface area contributed by atoms with Gasteiger partial charge in [0.05, 0.1) is 5.41 Å². The van der Waals surface area contributed by atoms with Crippen molar-refractivity contribution < 1.29 is 9.15 Å². The van der Waals surface area contributed by atoms with Gasteiger partial charge in [0.25, 0.3) is 0 Å². The minimum Gasteiger partial charge on any atom is -0.457 e. The van der Waals surface area contributed by atoms with E-state index in [0.717, 1.165) is 67.2 Å². The molecule has 272 valence electrons. The summed E-state index contributed by atoms with van der Waals surface area (Å²) in [7, 11) is 0. The molecule has 1 aliphatic carbocycles. The van der Waals surface area contributed by atoms with E-state index in [0.29, 0.717) is 0 Å². The standard InChI is InChI=1S/C55H35NO2/c1-2-12-36(13-3-1)37-22-27-40(28-23-37)56(41-29-24-38(25-30-41)39-26-33-52-46(34-39)45-16-6-10-20-51(45)57-52)42-31-32-50-54(35-42)58-53-21-11-9-19-49(53)55(50)47-17-7-4-14-43(47)44-15-5-8-18-48(44)55/h1-35H. The Labute approximate surface area is 336 Å². The molecule has 58 heavy (non-hydrogen) atoms. The van der Waals surface area contributed by atoms with Crippen molar-refractivity contribution in [2.24, 2.45) is 0 Å². The van der Waals surface area contributed by atoms with Crippen LogP contribution in [0.1, 0.15) is 22.3 Å². The second kappa shape index (κ2) is 12.7. The summed E-state index contributed by atoms with van der Waals surface area (Å²) in [5.74, 6) is 1.73. The molecule has 0 bridgehead atoms. The summed E-state index contributed by atoms with van der Waals surface area (Å²) in [6.45, 7) is 0. The van der Waals surface area contributed by atoms with Crippen molar-refractivity contribution in [3.8, 4) is 44.9 Å². The van der Waals surface area contributed by atoms with Crippen LogP contribution in [0.15, 0.2) is 217 Å². The third-order valence-electron chi connectivity index (χ3n) is 12.2. The molecule has 0 saturated heterocycles. The van der Waals surface area contributed by atoms with Crippen LogP contribution in [0.4, 0.5) is 17.1 Å². The summed E-state index contributed by atoms with van der Waals surface area (Å²) in [4.78, 5) is 2.33. The third-order valence-corrected chi connectivity index (χ3v) is 12.2. The molecule has 0 N–H and O–H groups in total. The number of rotatable bonds is 5. The van der Waals surface area contributed by atoms with E-state index in [9.17, 15) is 0 Å². The minimum absolute atomic E-state index is 0.513. The van der Waals surface area contributed by atoms with Crippen LogP contribution in [-0.2, 0) is 5.41 Å². The number of hydrogen-bond acceptors (Lipinski definition) is 3. The number of benzene rings is 9. The number of hydrogen-bond donors (Lipinski definition) is 0. The minimum atomic E-state index is -0.513. The number of fused-ring (bicyclic) bond motifs is 12. The molecule has 9 aromatic carbocycles. The molecule has 1 aliphatic heterocycles. The van der Waals surface area contributed by atoms with Gasteiger partial charge < -0.3 is 14.1 Å². The quantitative estimate of drug-likeness (QED) is 0.176. The Morgan fingerprint density at radius 1 is 0.328 bits per heavy atom. The van der Waals surface area contributed by atoms with Crippen molar-refractivity contribution in [3.05, 3.63) is 235 Å². The van der Waals surface area contributed by atoms with Gasteiger partial charge in [0.15, 0.2) is 0 Å². The highest BCUT2D eigenvalue weighted by atomic mass is 16.5. The summed E-state index contributed by atoms with van der Waals surface area (Å²) < 4.78 is 13.1. The predicted molar refractivity (Wildman–Crippen MR) is 237 cm³/mol. The Kier molecular flexibility index (Phi) is 7.14. The summed E-state index contributed by atoms with van der Waals surface area (Å²) in [5.41, 5.74) is 16.5. The number of furan rings is 1. The molecule has 1 spiro atoms. The second-order valence-electron chi connectivity index (χ2n) is 15.2. The highest BCUT2D eigenvalue weighted by molar-refractivity contribution is 6.06. The Morgan fingerprint density at radius 3 is 1.57 bits per heavy atom. The first-order chi connectivity index (χ1) is 28.7. The van der Waals surface area contributed by atoms with Crippen LogP contribution in [0.2, 0.25) is 0 Å². The van der Waals surface area contributed by atoms with Crippen molar-refractivity contribution in [2.45, 2.75) is 5.41 Å². The van der Waals surface area contributed by atoms with Crippen molar-refractivity contribution in [3.63, 3.8) is 0 Å². The van der Waals surface area contributed by atoms with Crippen LogP contribution >= 0.6 is 0 Å². The first-order valence-corrected chi connectivity index (χ1v) is 19.8. The van der Waals surface area contributed by atoms with Gasteiger partial charge in [0, 0.05) is 45.0 Å². The van der Waals surface area contributed by atoms with Crippen molar-refractivity contribution in [2.75, 3.05) is 4.90 Å². The first kappa shape index (κ1) is 32.6. The van der Waals surface area contributed by atoms with E-state index in [-0.39, 0.29) is 0 Å². The lowest BCUT2D eigenvalue weighted by Crippen LogP contribution is -2.32. The van der Waals surface area contributed by atoms with Gasteiger partial charge in [-0.15, -0.1) is 0 Å². The number of nitrogens with zero attached hydrogens (tertiary/aromatic N) is 1. The fourth-order valence-electron chi connectivity index (χ4n) is 9.58. The maximum atomic E-state index is 6.94. The second-order valence-corrected chi connectivity index (χ2v) is 15.2. The third kappa shape index (κ3) is 4.80. The Bertz CT molecular complexity index is 3150. The SMILES string of the molecule is c1ccc(-c2ccc(N(c3ccc(-c4ccc5oc6ccccc6c5c4)cc3)c3ccc4c(c3)Oc3ccccc3C43c4ccccc4-c4ccccc43)cc2)cc1. The summed E-state index contributed by atoms with van der Waals surface area (Å²) >= 11 is 0. The molecule has 0 unspecified atom stereocenters. The fraction of sp³-hybridized carbons (Fsp3) is 0.0182. The topological polar surface area (TPSA) is 25.6 Å². The van der Waals surface area contributed by atoms with Gasteiger partial charge in [0.1, 0.15) is 22.7 Å². The predicted octanol–water partition coefficient (Wildman–Crippen LogP) is 14.9. The van der Waals surface area contributed by atoms with E-state index >= 15 is 0 Å². The molecule has 3 heteroatoms. The average Bonchev–Trinajstić information content (AvgIpc) is 3.81. The molecule has 2 aliphatic rings. The van der Waals surface area contributed by atoms with Crippen LogP contribution in [0.3, 0.4) is 0 Å². The van der Waals surface area contributed by atoms with E-state index in [1.54, 1.807) is 0 Å². The first-order valence-electron chi connectivity index (χ1n) is 19.8. The molecule has 0 saturated carbocycles. The van der Waals surface area contributed by atoms with Gasteiger partial charge in [0.2, 0.25) is 0 Å². The fourth-order valence-corrected chi connectivity index (χ4v) is 9.58. The maximum absolute atomic E-state index is 6.94. The lowest BCUT2D eigenvalue weighted by molar-refractivity contribution is 0.436. The zero-order valence-corrected chi connectivity index (χ0v) is 31.5. The lowest BCUT2D eigenvalue weighted by atomic mass is 9.66. The molecule has 2 heterocycles. The van der Waals surface area contributed by atoms with Crippen molar-refractivity contribution in [1.29, 1.82) is 0 Å². The van der Waals surface area contributed by atoms with Crippen LogP contribution < -0.4 is 9.64 Å². The van der Waals surface area contributed by atoms with E-state index in [1.165, 1.54) is 38.9 Å². The van der Waals surface area contributed by atoms with Crippen LogP contribution in [0.25, 0.3) is 55.3 Å². The molecule has 0 atom stereocenters. The van der Waals surface area contributed by atoms with E-state index < -0.39 is 5.41 Å². The highest BCUT2D eigenvalue weighted by Gasteiger charge is 2.51. The Hall–Kier alpha value is -7.62. The van der Waals surface area contributed by atoms with Crippen molar-refractivity contribution >= 4 is 39.0 Å². The van der Waals surface area contributed by atoms with Crippen molar-refractivity contribution in [1.82, 2.24) is 0 Å². The van der Waals surface area contributed by atoms with Crippen LogP contribution in [0.5, 0.6) is 11.5 Å². The lowest BCUT2D eigenvalue weighted by Gasteiger charge is -2.40. The van der Waals surface area contributed by atoms with Gasteiger partial charge in [-0.1, -0.05) is 152 Å². The van der Waals surface area contributed by atoms with Gasteiger partial charge in [-0.3, -0.25) is 0 Å². The molecule has 0 radical (unpaired) electrons. The highest BCUT2D eigenvalue weighted by Crippen LogP contribution is 2.62. The Morgan fingerprint density at radius 2 is 0.845 bits per heavy atom. The number of para-hydroxylation sites is 2. The maximum Gasteiger partial charge on any atom is 0.135 e. The van der Waals surface area contributed by atoms with Gasteiger partial charge in [-0.05, 0) is 99.1 Å². The van der Waals surface area contributed by atoms with Gasteiger partial charge in [-0.25, -0.2) is 0 Å². The molecular weight excluding hydrogens is 707 g/mol. The number of ether oxygens (including phenoxy) is 1. The zero-order valence-electron chi connectivity index (χ0n) is 31.5. The molecule has 3 nitrogen and oxygen atoms in total. The van der Waals surface area contributed by atoms with E-state index in [1.807, 2.05) is 12.1 Å². The van der Waals surface area contributed by atoms with Gasteiger partial charge >= 0.3 is 0 Å². The zero-order chi connectivity index (χ0) is 38.2. The molecule has 0 fully saturated rings. The van der Waals surface area contributed by atoms with Crippen LogP contribution in [0, 0.1) is 0 Å². The summed E-state index contributed by atoms with van der Waals surface area (Å²) in [6.07, 6.45) is 0. The monoisotopic (exact) mass is 741 g/mol. The smallest absolute Gasteiger partial charge is 0.135 e. The Balaban J connectivity index is 1.01. The van der Waals surface area contributed by atoms with E-state index in [2.05, 4.69) is 205 Å². The average molecular weight is 742 g/mol. The van der Waals surface area contributed by atoms with Crippen LogP contribution in [-0.4, -0.2) is 0 Å². The molecular formula is C55H35NO2. The normalized spacial score (nSPS) is 13.1. The van der Waals surface area contributed by atoms with Gasteiger partial charge in [-0.2, -0.15) is 0 Å². The summed E-state index contributed by atoms with van der Waals surface area (Å²) in [6, 6.07) is 76.1. The number of anilines is 3. The van der Waals surface area contributed by atoms with E-state index in [4.69, 9.17) is 9.15 Å². The molecule has 12 rings (SSSR count). The largest absolute Gasteiger partial charge is 0.457 e. The molecule has 1 aromatic heterocycles. The molecule has 0 amide bonds. The molecule has 10 aromatic rings.